The molecule has 0 atom stereocenters. The van der Waals surface area contributed by atoms with Crippen molar-refractivity contribution in [2.45, 2.75) is 6.18 Å². The lowest BCUT2D eigenvalue weighted by Crippen LogP contribution is -2.26. The van der Waals surface area contributed by atoms with Crippen LogP contribution in [-0.4, -0.2) is 31.3 Å². The quantitative estimate of drug-likeness (QED) is 0.492. The summed E-state index contributed by atoms with van der Waals surface area (Å²) in [4.78, 5) is 17.2. The molecule has 1 heterocycles. The Bertz CT molecular complexity index is 1060. The minimum Gasteiger partial charge on any atom is -0.447 e. The molecule has 1 N–H and O–H groups in total. The van der Waals surface area contributed by atoms with E-state index in [4.69, 9.17) is 27.9 Å². The number of carbonyl (C=O) groups excluding carboxylic acids is 1. The summed E-state index contributed by atoms with van der Waals surface area (Å²) in [7, 11) is 1.61. The van der Waals surface area contributed by atoms with Gasteiger partial charge in [-0.3, -0.25) is 5.32 Å². The van der Waals surface area contributed by atoms with Gasteiger partial charge in [-0.1, -0.05) is 41.4 Å². The summed E-state index contributed by atoms with van der Waals surface area (Å²) >= 11 is 11.7. The molecular weight excluding hydrogens is 442 g/mol. The molecule has 0 unspecified atom stereocenters. The highest BCUT2D eigenvalue weighted by molar-refractivity contribution is 6.35. The molecule has 30 heavy (non-hydrogen) atoms. The number of likely N-dealkylation sites (N-methyl/N-ethyl adjacent to an activating group) is 1. The van der Waals surface area contributed by atoms with Crippen LogP contribution in [0.15, 0.2) is 48.5 Å². The van der Waals surface area contributed by atoms with E-state index < -0.39 is 18.0 Å². The Morgan fingerprint density at radius 2 is 1.80 bits per heavy atom. The number of hydrogen-bond donors (Lipinski definition) is 1. The van der Waals surface area contributed by atoms with Crippen LogP contribution in [0.3, 0.4) is 0 Å². The number of nitrogens with one attached hydrogen (secondary N) is 1. The standard InChI is InChI=1S/C20H16Cl2F3N3O2/c1-28(6-7-30-19(29)26-14-9-12(21)8-13(22)10-14)17-11-18(20(23,24)25)27-16-5-3-2-4-15(16)17/h2-5,8-11H,6-7H2,1H3,(H,26,29). The van der Waals surface area contributed by atoms with E-state index >= 15 is 0 Å². The van der Waals surface area contributed by atoms with Gasteiger partial charge in [0.15, 0.2) is 0 Å². The fourth-order valence-electron chi connectivity index (χ4n) is 2.79. The summed E-state index contributed by atoms with van der Waals surface area (Å²) in [6.07, 6.45) is -5.31. The van der Waals surface area contributed by atoms with Gasteiger partial charge in [-0.05, 0) is 30.3 Å². The van der Waals surface area contributed by atoms with Crippen LogP contribution in [0, 0.1) is 0 Å². The molecule has 1 aromatic heterocycles. The monoisotopic (exact) mass is 457 g/mol. The van der Waals surface area contributed by atoms with Crippen molar-refractivity contribution in [2.24, 2.45) is 0 Å². The van der Waals surface area contributed by atoms with Gasteiger partial charge in [0.25, 0.3) is 0 Å². The molecule has 0 aliphatic heterocycles. The Morgan fingerprint density at radius 1 is 1.13 bits per heavy atom. The Labute approximate surface area is 180 Å². The number of alkyl halides is 3. The largest absolute Gasteiger partial charge is 0.447 e. The van der Waals surface area contributed by atoms with E-state index in [-0.39, 0.29) is 18.7 Å². The summed E-state index contributed by atoms with van der Waals surface area (Å²) in [6, 6.07) is 12.0. The summed E-state index contributed by atoms with van der Waals surface area (Å²) < 4.78 is 44.7. The van der Waals surface area contributed by atoms with Crippen LogP contribution in [0.5, 0.6) is 0 Å². The molecule has 1 amide bonds. The lowest BCUT2D eigenvalue weighted by atomic mass is 10.1. The third-order valence-corrected chi connectivity index (χ3v) is 4.60. The highest BCUT2D eigenvalue weighted by atomic mass is 35.5. The first kappa shape index (κ1) is 22.0. The van der Waals surface area contributed by atoms with Gasteiger partial charge < -0.3 is 9.64 Å². The molecule has 0 saturated carbocycles. The number of fused-ring (bicyclic) bond motifs is 1. The number of carbonyl (C=O) groups is 1. The van der Waals surface area contributed by atoms with Crippen LogP contribution in [0.4, 0.5) is 29.3 Å². The minimum atomic E-state index is -4.58. The van der Waals surface area contributed by atoms with Gasteiger partial charge in [0, 0.05) is 33.9 Å². The van der Waals surface area contributed by atoms with Gasteiger partial charge in [-0.2, -0.15) is 13.2 Å². The topological polar surface area (TPSA) is 54.5 Å². The van der Waals surface area contributed by atoms with Crippen molar-refractivity contribution in [1.82, 2.24) is 4.98 Å². The Balaban J connectivity index is 1.68. The lowest BCUT2D eigenvalue weighted by Gasteiger charge is -2.22. The van der Waals surface area contributed by atoms with Crippen LogP contribution in [0.25, 0.3) is 10.9 Å². The third-order valence-electron chi connectivity index (χ3n) is 4.16. The minimum absolute atomic E-state index is 0.0609. The van der Waals surface area contributed by atoms with Gasteiger partial charge in [0.05, 0.1) is 12.1 Å². The van der Waals surface area contributed by atoms with Crippen LogP contribution in [0.1, 0.15) is 5.69 Å². The number of aromatic nitrogens is 1. The summed E-state index contributed by atoms with van der Waals surface area (Å²) in [6.45, 7) is 0.101. The van der Waals surface area contributed by atoms with Gasteiger partial charge in [0.1, 0.15) is 12.3 Å². The smallest absolute Gasteiger partial charge is 0.433 e. The van der Waals surface area contributed by atoms with Crippen molar-refractivity contribution < 1.29 is 22.7 Å². The van der Waals surface area contributed by atoms with E-state index in [2.05, 4.69) is 10.3 Å². The molecule has 0 spiro atoms. The molecule has 0 radical (unpaired) electrons. The van der Waals surface area contributed by atoms with Gasteiger partial charge in [-0.25, -0.2) is 9.78 Å². The number of para-hydroxylation sites is 1. The molecule has 0 bridgehead atoms. The second kappa shape index (κ2) is 8.97. The third kappa shape index (κ3) is 5.46. The second-order valence-electron chi connectivity index (χ2n) is 6.38. The number of rotatable bonds is 5. The SMILES string of the molecule is CN(CCOC(=O)Nc1cc(Cl)cc(Cl)c1)c1cc(C(F)(F)F)nc2ccccc12. The van der Waals surface area contributed by atoms with Crippen LogP contribution in [-0.2, 0) is 10.9 Å². The fraction of sp³-hybridized carbons (Fsp3) is 0.200. The molecule has 5 nitrogen and oxygen atoms in total. The highest BCUT2D eigenvalue weighted by Gasteiger charge is 2.33. The Morgan fingerprint density at radius 3 is 2.47 bits per heavy atom. The van der Waals surface area contributed by atoms with E-state index in [1.807, 2.05) is 0 Å². The normalized spacial score (nSPS) is 11.4. The first-order valence-electron chi connectivity index (χ1n) is 8.71. The zero-order chi connectivity index (χ0) is 21.9. The van der Waals surface area contributed by atoms with Crippen molar-refractivity contribution in [3.63, 3.8) is 0 Å². The molecule has 2 aromatic carbocycles. The molecule has 0 aliphatic carbocycles. The van der Waals surface area contributed by atoms with Crippen molar-refractivity contribution in [3.05, 3.63) is 64.3 Å². The molecule has 158 valence electrons. The van der Waals surface area contributed by atoms with Gasteiger partial charge in [-0.15, -0.1) is 0 Å². The number of halogens is 5. The first-order valence-corrected chi connectivity index (χ1v) is 9.47. The summed E-state index contributed by atoms with van der Waals surface area (Å²) in [5.41, 5.74) is -0.0652. The number of hydrogen-bond acceptors (Lipinski definition) is 4. The lowest BCUT2D eigenvalue weighted by molar-refractivity contribution is -0.140. The maximum Gasteiger partial charge on any atom is 0.433 e. The summed E-state index contributed by atoms with van der Waals surface area (Å²) in [5, 5.41) is 3.75. The Kier molecular flexibility index (Phi) is 6.58. The van der Waals surface area contributed by atoms with Crippen molar-refractivity contribution in [1.29, 1.82) is 0 Å². The number of pyridine rings is 1. The van der Waals surface area contributed by atoms with Crippen LogP contribution >= 0.6 is 23.2 Å². The van der Waals surface area contributed by atoms with E-state index in [0.717, 1.165) is 6.07 Å². The van der Waals surface area contributed by atoms with Crippen molar-refractivity contribution >= 4 is 51.6 Å². The average Bonchev–Trinajstić information content (AvgIpc) is 2.65. The number of benzene rings is 2. The van der Waals surface area contributed by atoms with Crippen molar-refractivity contribution in [3.8, 4) is 0 Å². The van der Waals surface area contributed by atoms with Crippen LogP contribution in [0.2, 0.25) is 10.0 Å². The number of amides is 1. The molecule has 10 heteroatoms. The fourth-order valence-corrected chi connectivity index (χ4v) is 3.32. The highest BCUT2D eigenvalue weighted by Crippen LogP contribution is 2.34. The van der Waals surface area contributed by atoms with E-state index in [1.165, 1.54) is 24.3 Å². The zero-order valence-corrected chi connectivity index (χ0v) is 17.1. The number of nitrogens with zero attached hydrogens (tertiary/aromatic N) is 2. The van der Waals surface area contributed by atoms with E-state index in [0.29, 0.717) is 26.8 Å². The molecule has 3 aromatic rings. The van der Waals surface area contributed by atoms with E-state index in [9.17, 15) is 18.0 Å². The van der Waals surface area contributed by atoms with Crippen molar-refractivity contribution in [2.75, 3.05) is 30.4 Å². The molecule has 0 fully saturated rings. The number of anilines is 2. The summed E-state index contributed by atoms with van der Waals surface area (Å²) in [5.74, 6) is 0. The zero-order valence-electron chi connectivity index (χ0n) is 15.6. The maximum atomic E-state index is 13.2. The molecule has 0 aliphatic rings. The number of ether oxygens (including phenoxy) is 1. The van der Waals surface area contributed by atoms with Gasteiger partial charge in [0.2, 0.25) is 0 Å². The van der Waals surface area contributed by atoms with Crippen LogP contribution < -0.4 is 10.2 Å². The second-order valence-corrected chi connectivity index (χ2v) is 7.25. The predicted octanol–water partition coefficient (Wildman–Crippen LogP) is 6.25. The van der Waals surface area contributed by atoms with Gasteiger partial charge >= 0.3 is 12.3 Å². The molecule has 0 saturated heterocycles. The molecular formula is C20H16Cl2F3N3O2. The maximum absolute atomic E-state index is 13.2. The molecule has 3 rings (SSSR count). The average molecular weight is 458 g/mol. The first-order chi connectivity index (χ1) is 14.1. The van der Waals surface area contributed by atoms with E-state index in [1.54, 1.807) is 30.1 Å². The Hall–Kier alpha value is -2.71. The predicted molar refractivity (Wildman–Crippen MR) is 111 cm³/mol.